The molecule has 0 aliphatic rings. The van der Waals surface area contributed by atoms with Crippen molar-refractivity contribution >= 4 is 42.0 Å². The number of aromatic amines is 1. The van der Waals surface area contributed by atoms with Crippen LogP contribution in [0.3, 0.4) is 0 Å². The van der Waals surface area contributed by atoms with E-state index in [0.717, 1.165) is 14.2 Å². The zero-order valence-corrected chi connectivity index (χ0v) is 11.8. The second kappa shape index (κ2) is 4.98. The van der Waals surface area contributed by atoms with Gasteiger partial charge in [-0.1, -0.05) is 36.4 Å². The van der Waals surface area contributed by atoms with Gasteiger partial charge in [0.15, 0.2) is 8.51 Å². The Balaban J connectivity index is 2.06. The molecule has 2 atom stereocenters. The van der Waals surface area contributed by atoms with Crippen molar-refractivity contribution in [2.24, 2.45) is 0 Å². The summed E-state index contributed by atoms with van der Waals surface area (Å²) < 4.78 is 9.61. The number of rotatable bonds is 2. The quantitative estimate of drug-likeness (QED) is 0.745. The fourth-order valence-corrected chi connectivity index (χ4v) is 4.85. The minimum Gasteiger partial charge on any atom is -0.311 e. The molecule has 0 saturated heterocycles. The number of H-pyrrole nitrogens is 1. The number of hydrogen-bond acceptors (Lipinski definition) is 2. The topological polar surface area (TPSA) is 45.6 Å². The SMILES string of the molecule is c1ccc2c(Nn3pn[pH][nH][pH]3)cccc2c1. The Bertz CT molecular complexity index is 642. The maximum absolute atomic E-state index is 4.29. The van der Waals surface area contributed by atoms with E-state index in [1.54, 1.807) is 0 Å². The lowest BCUT2D eigenvalue weighted by Gasteiger charge is -2.10. The average molecular weight is 280 g/mol. The molecule has 7 heteroatoms. The molecule has 0 aliphatic carbocycles. The predicted octanol–water partition coefficient (Wildman–Crippen LogP) is 4.01. The summed E-state index contributed by atoms with van der Waals surface area (Å²) in [6, 6.07) is 14.7. The third kappa shape index (κ3) is 2.40. The lowest BCUT2D eigenvalue weighted by molar-refractivity contribution is 1.19. The average Bonchev–Trinajstić information content (AvgIpc) is 2.40. The van der Waals surface area contributed by atoms with Crippen molar-refractivity contribution in [1.82, 2.24) is 13.2 Å². The molecule has 0 radical (unpaired) electrons. The van der Waals surface area contributed by atoms with Gasteiger partial charge in [0, 0.05) is 22.4 Å². The number of nitrogens with one attached hydrogen (secondary N) is 2. The molecule has 1 heterocycles. The Labute approximate surface area is 103 Å². The van der Waals surface area contributed by atoms with Gasteiger partial charge in [0.05, 0.1) is 5.69 Å². The summed E-state index contributed by atoms with van der Waals surface area (Å²) in [7, 11) is 2.08. The van der Waals surface area contributed by atoms with Gasteiger partial charge in [0.1, 0.15) is 0 Å². The number of anilines is 1. The van der Waals surface area contributed by atoms with E-state index >= 15 is 0 Å². The van der Waals surface area contributed by atoms with E-state index in [1.807, 2.05) is 0 Å². The van der Waals surface area contributed by atoms with Crippen LogP contribution in [0, 0.1) is 0 Å². The van der Waals surface area contributed by atoms with Crippen LogP contribution < -0.4 is 5.43 Å². The normalized spacial score (nSPS) is 11.8. The fraction of sp³-hybridized carbons (Fsp3) is 0. The summed E-state index contributed by atoms with van der Waals surface area (Å²) in [5.74, 6) is 0. The van der Waals surface area contributed by atoms with Crippen molar-refractivity contribution in [3.63, 3.8) is 0 Å². The summed E-state index contributed by atoms with van der Waals surface area (Å²) in [4.78, 5) is 0. The highest BCUT2D eigenvalue weighted by Crippen LogP contribution is 2.24. The molecule has 1 aromatic heterocycles. The molecular weight excluding hydrogens is 269 g/mol. The molecule has 2 N–H and O–H groups in total. The minimum absolute atomic E-state index is 0.523. The first-order valence-corrected chi connectivity index (χ1v) is 7.84. The van der Waals surface area contributed by atoms with Crippen molar-refractivity contribution in [1.29, 1.82) is 0 Å². The van der Waals surface area contributed by atoms with Crippen LogP contribution in [-0.4, -0.2) is 13.2 Å². The molecule has 0 spiro atoms. The van der Waals surface area contributed by atoms with Crippen LogP contribution in [-0.2, 0) is 0 Å². The Morgan fingerprint density at radius 1 is 1.18 bits per heavy atom. The van der Waals surface area contributed by atoms with Crippen molar-refractivity contribution in [2.45, 2.75) is 0 Å². The number of benzene rings is 2. The van der Waals surface area contributed by atoms with Crippen LogP contribution in [0.5, 0.6) is 0 Å². The third-order valence-corrected chi connectivity index (χ3v) is 5.24. The lowest BCUT2D eigenvalue weighted by atomic mass is 10.1. The van der Waals surface area contributed by atoms with Crippen molar-refractivity contribution in [2.75, 3.05) is 5.43 Å². The van der Waals surface area contributed by atoms with Gasteiger partial charge in [-0.15, -0.1) is 0 Å². The van der Waals surface area contributed by atoms with E-state index in [4.69, 9.17) is 0 Å². The minimum atomic E-state index is 0.523. The van der Waals surface area contributed by atoms with Gasteiger partial charge in [0.25, 0.3) is 0 Å². The first-order chi connectivity index (χ1) is 8.43. The molecular formula is C10H11N4P3. The van der Waals surface area contributed by atoms with Crippen molar-refractivity contribution in [3.8, 4) is 0 Å². The van der Waals surface area contributed by atoms with Gasteiger partial charge in [0.2, 0.25) is 0 Å². The van der Waals surface area contributed by atoms with E-state index in [1.165, 1.54) is 10.8 Å². The molecule has 17 heavy (non-hydrogen) atoms. The molecule has 0 fully saturated rings. The smallest absolute Gasteiger partial charge is 0.162 e. The van der Waals surface area contributed by atoms with Crippen LogP contribution in [0.15, 0.2) is 42.5 Å². The largest absolute Gasteiger partial charge is 0.311 e. The molecule has 0 saturated carbocycles. The molecule has 0 aliphatic heterocycles. The second-order valence-electron chi connectivity index (χ2n) is 3.49. The van der Waals surface area contributed by atoms with E-state index in [2.05, 4.69) is 61.1 Å². The molecule has 86 valence electrons. The summed E-state index contributed by atoms with van der Waals surface area (Å²) >= 11 is 0. The first-order valence-electron chi connectivity index (χ1n) is 5.14. The Hall–Kier alpha value is -1.20. The Kier molecular flexibility index (Phi) is 3.20. The second-order valence-corrected chi connectivity index (χ2v) is 7.14. The highest BCUT2D eigenvalue weighted by molar-refractivity contribution is 7.44. The zero-order chi connectivity index (χ0) is 11.5. The number of hydrogen-bond donors (Lipinski definition) is 2. The van der Waals surface area contributed by atoms with Crippen LogP contribution in [0.4, 0.5) is 5.69 Å². The van der Waals surface area contributed by atoms with Crippen LogP contribution in [0.2, 0.25) is 0 Å². The molecule has 2 aromatic carbocycles. The highest BCUT2D eigenvalue weighted by Gasteiger charge is 1.99. The highest BCUT2D eigenvalue weighted by atomic mass is 31.1. The predicted molar refractivity (Wildman–Crippen MR) is 78.7 cm³/mol. The number of fused-ring (bicyclic) bond motifs is 1. The van der Waals surface area contributed by atoms with Crippen LogP contribution >= 0.6 is 25.5 Å². The van der Waals surface area contributed by atoms with Gasteiger partial charge < -0.3 is 4.51 Å². The maximum Gasteiger partial charge on any atom is 0.162 e. The molecule has 2 unspecified atom stereocenters. The number of aromatic nitrogens is 3. The van der Waals surface area contributed by atoms with Gasteiger partial charge >= 0.3 is 0 Å². The standard InChI is InChI=1S/C10H11N4P3/c1-2-6-9-8(4-1)5-3-7-10(9)11-14-16-12-15-13-17-14/h1-7,11-12,15-16H. The van der Waals surface area contributed by atoms with E-state index in [9.17, 15) is 0 Å². The molecule has 3 rings (SSSR count). The Morgan fingerprint density at radius 3 is 2.94 bits per heavy atom. The summed E-state index contributed by atoms with van der Waals surface area (Å²) in [5.41, 5.74) is 4.54. The number of nitrogens with zero attached hydrogens (tertiary/aromatic N) is 2. The molecule has 0 bridgehead atoms. The monoisotopic (exact) mass is 280 g/mol. The summed E-state index contributed by atoms with van der Waals surface area (Å²) in [5, 5.41) is 2.49. The van der Waals surface area contributed by atoms with Gasteiger partial charge in [-0.05, 0) is 11.5 Å². The third-order valence-electron chi connectivity index (χ3n) is 2.42. The lowest BCUT2D eigenvalue weighted by Crippen LogP contribution is -2.02. The maximum atomic E-state index is 4.29. The van der Waals surface area contributed by atoms with Gasteiger partial charge in [-0.2, -0.15) is 8.71 Å². The van der Waals surface area contributed by atoms with E-state index < -0.39 is 0 Å². The van der Waals surface area contributed by atoms with E-state index in [0.29, 0.717) is 17.0 Å². The zero-order valence-electron chi connectivity index (χ0n) is 8.88. The van der Waals surface area contributed by atoms with Gasteiger partial charge in [-0.3, -0.25) is 5.43 Å². The van der Waals surface area contributed by atoms with Crippen molar-refractivity contribution < 1.29 is 0 Å². The molecule has 3 aromatic rings. The summed E-state index contributed by atoms with van der Waals surface area (Å²) in [6.45, 7) is 0. The first kappa shape index (κ1) is 10.9. The van der Waals surface area contributed by atoms with Crippen LogP contribution in [0.1, 0.15) is 0 Å². The van der Waals surface area contributed by atoms with Crippen LogP contribution in [0.25, 0.3) is 10.8 Å². The Morgan fingerprint density at radius 2 is 2.06 bits per heavy atom. The van der Waals surface area contributed by atoms with Crippen molar-refractivity contribution in [3.05, 3.63) is 42.5 Å². The van der Waals surface area contributed by atoms with Gasteiger partial charge in [-0.25, -0.2) is 0 Å². The summed E-state index contributed by atoms with van der Waals surface area (Å²) in [6.07, 6.45) is 0. The fourth-order valence-electron chi connectivity index (χ4n) is 1.68. The van der Waals surface area contributed by atoms with E-state index in [-0.39, 0.29) is 0 Å². The molecule has 0 amide bonds. The molecule has 4 nitrogen and oxygen atoms in total.